The van der Waals surface area contributed by atoms with E-state index >= 15 is 0 Å². The summed E-state index contributed by atoms with van der Waals surface area (Å²) in [5.41, 5.74) is 0.894. The van der Waals surface area contributed by atoms with E-state index in [-0.39, 0.29) is 17.9 Å². The van der Waals surface area contributed by atoms with Gasteiger partial charge in [0.25, 0.3) is 5.91 Å². The highest BCUT2D eigenvalue weighted by Crippen LogP contribution is 2.44. The topological polar surface area (TPSA) is 67.2 Å². The molecule has 3 rings (SSSR count). The second-order valence-electron chi connectivity index (χ2n) is 5.38. The lowest BCUT2D eigenvalue weighted by Crippen LogP contribution is -2.31. The lowest BCUT2D eigenvalue weighted by atomic mass is 10.1. The van der Waals surface area contributed by atoms with Crippen LogP contribution in [0.3, 0.4) is 0 Å². The quantitative estimate of drug-likeness (QED) is 0.890. The zero-order valence-corrected chi connectivity index (χ0v) is 11.9. The predicted octanol–water partition coefficient (Wildman–Crippen LogP) is 1.45. The third-order valence-electron chi connectivity index (χ3n) is 3.84. The molecule has 102 valence electrons. The second-order valence-corrected chi connectivity index (χ2v) is 6.41. The molecule has 0 saturated heterocycles. The molecule has 19 heavy (non-hydrogen) atoms. The first-order valence-corrected chi connectivity index (χ1v) is 7.18. The minimum absolute atomic E-state index is 0.0518. The summed E-state index contributed by atoms with van der Waals surface area (Å²) in [6.45, 7) is 2.66. The molecule has 0 spiro atoms. The van der Waals surface area contributed by atoms with Gasteiger partial charge in [0, 0.05) is 24.4 Å². The molecule has 0 aliphatic heterocycles. The maximum Gasteiger partial charge on any atom is 0.261 e. The zero-order valence-electron chi connectivity index (χ0n) is 11.1. The van der Waals surface area contributed by atoms with Crippen molar-refractivity contribution < 1.29 is 9.90 Å². The molecule has 0 unspecified atom stereocenters. The summed E-state index contributed by atoms with van der Waals surface area (Å²) in [4.78, 5) is 13.8. The number of fused-ring (bicyclic) bond motifs is 1. The number of carbonyl (C=O) groups excluding carboxylic acids is 1. The highest BCUT2D eigenvalue weighted by Gasteiger charge is 2.42. The van der Waals surface area contributed by atoms with E-state index in [9.17, 15) is 9.90 Å². The number of carbonyl (C=O) groups is 1. The maximum absolute atomic E-state index is 12.1. The van der Waals surface area contributed by atoms with E-state index in [2.05, 4.69) is 10.4 Å². The van der Waals surface area contributed by atoms with Crippen LogP contribution in [0.2, 0.25) is 0 Å². The van der Waals surface area contributed by atoms with Crippen LogP contribution in [0.1, 0.15) is 28.2 Å². The largest absolute Gasteiger partial charge is 0.396 e. The number of rotatable bonds is 4. The van der Waals surface area contributed by atoms with Crippen LogP contribution >= 0.6 is 11.3 Å². The van der Waals surface area contributed by atoms with E-state index in [1.807, 2.05) is 24.7 Å². The van der Waals surface area contributed by atoms with Crippen LogP contribution in [0.4, 0.5) is 0 Å². The number of aryl methyl sites for hydroxylation is 2. The second kappa shape index (κ2) is 4.31. The lowest BCUT2D eigenvalue weighted by Gasteiger charge is -2.11. The Bertz CT molecular complexity index is 605. The number of aliphatic hydroxyl groups is 1. The highest BCUT2D eigenvalue weighted by molar-refractivity contribution is 7.20. The SMILES string of the molecule is Cc1nn(C)c2sc(C(=O)NCC3(CO)CC3)cc12. The number of nitrogens with one attached hydrogen (secondary N) is 1. The molecule has 1 fully saturated rings. The Morgan fingerprint density at radius 1 is 1.63 bits per heavy atom. The molecule has 0 bridgehead atoms. The monoisotopic (exact) mass is 279 g/mol. The fourth-order valence-electron chi connectivity index (χ4n) is 2.24. The van der Waals surface area contributed by atoms with Crippen LogP contribution in [0, 0.1) is 12.3 Å². The predicted molar refractivity (Wildman–Crippen MR) is 74.4 cm³/mol. The number of thiophene rings is 1. The molecule has 2 aromatic rings. The van der Waals surface area contributed by atoms with Crippen LogP contribution in [-0.4, -0.2) is 33.9 Å². The fourth-order valence-corrected chi connectivity index (χ4v) is 3.28. The van der Waals surface area contributed by atoms with Gasteiger partial charge in [0.05, 0.1) is 17.2 Å². The molecule has 1 aliphatic rings. The van der Waals surface area contributed by atoms with Gasteiger partial charge in [-0.05, 0) is 25.8 Å². The molecule has 0 atom stereocenters. The van der Waals surface area contributed by atoms with E-state index < -0.39 is 0 Å². The molecule has 2 aromatic heterocycles. The van der Waals surface area contributed by atoms with E-state index in [0.29, 0.717) is 11.4 Å². The van der Waals surface area contributed by atoms with Gasteiger partial charge < -0.3 is 10.4 Å². The molecular weight excluding hydrogens is 262 g/mol. The maximum atomic E-state index is 12.1. The minimum atomic E-state index is -0.0553. The molecular formula is C13H17N3O2S. The van der Waals surface area contributed by atoms with Gasteiger partial charge in [-0.15, -0.1) is 11.3 Å². The third kappa shape index (κ3) is 2.15. The molecule has 2 N–H and O–H groups in total. The molecule has 5 nitrogen and oxygen atoms in total. The summed E-state index contributed by atoms with van der Waals surface area (Å²) < 4.78 is 1.81. The van der Waals surface area contributed by atoms with E-state index in [4.69, 9.17) is 0 Å². The average Bonchev–Trinajstić information content (AvgIpc) is 2.95. The van der Waals surface area contributed by atoms with Crippen molar-refractivity contribution in [2.24, 2.45) is 12.5 Å². The van der Waals surface area contributed by atoms with Gasteiger partial charge in [-0.1, -0.05) is 0 Å². The van der Waals surface area contributed by atoms with Gasteiger partial charge >= 0.3 is 0 Å². The number of hydrogen-bond donors (Lipinski definition) is 2. The smallest absolute Gasteiger partial charge is 0.261 e. The molecule has 1 amide bonds. The zero-order chi connectivity index (χ0) is 13.6. The number of amides is 1. The molecule has 1 aliphatic carbocycles. The van der Waals surface area contributed by atoms with Crippen molar-refractivity contribution in [2.45, 2.75) is 19.8 Å². The number of nitrogens with zero attached hydrogens (tertiary/aromatic N) is 2. The Morgan fingerprint density at radius 3 is 2.95 bits per heavy atom. The number of hydrogen-bond acceptors (Lipinski definition) is 4. The first kappa shape index (κ1) is 12.6. The molecule has 0 radical (unpaired) electrons. The average molecular weight is 279 g/mol. The Balaban J connectivity index is 1.76. The van der Waals surface area contributed by atoms with Crippen LogP contribution in [0.15, 0.2) is 6.07 Å². The summed E-state index contributed by atoms with van der Waals surface area (Å²) in [5.74, 6) is -0.0553. The molecule has 2 heterocycles. The fraction of sp³-hybridized carbons (Fsp3) is 0.538. The van der Waals surface area contributed by atoms with Crippen LogP contribution < -0.4 is 5.32 Å². The van der Waals surface area contributed by atoms with Crippen molar-refractivity contribution in [1.29, 1.82) is 0 Å². The summed E-state index contributed by atoms with van der Waals surface area (Å²) in [7, 11) is 1.89. The van der Waals surface area contributed by atoms with Crippen LogP contribution in [0.5, 0.6) is 0 Å². The van der Waals surface area contributed by atoms with Gasteiger partial charge in [-0.25, -0.2) is 0 Å². The first-order valence-electron chi connectivity index (χ1n) is 6.37. The van der Waals surface area contributed by atoms with Crippen molar-refractivity contribution in [3.63, 3.8) is 0 Å². The van der Waals surface area contributed by atoms with Crippen LogP contribution in [0.25, 0.3) is 10.2 Å². The van der Waals surface area contributed by atoms with E-state index in [1.54, 1.807) is 0 Å². The Kier molecular flexibility index (Phi) is 2.87. The van der Waals surface area contributed by atoms with Gasteiger partial charge in [-0.2, -0.15) is 5.10 Å². The highest BCUT2D eigenvalue weighted by atomic mass is 32.1. The van der Waals surface area contributed by atoms with Crippen molar-refractivity contribution in [3.05, 3.63) is 16.6 Å². The van der Waals surface area contributed by atoms with Crippen molar-refractivity contribution in [2.75, 3.05) is 13.2 Å². The summed E-state index contributed by atoms with van der Waals surface area (Å²) >= 11 is 1.46. The Labute approximate surface area is 115 Å². The summed E-state index contributed by atoms with van der Waals surface area (Å²) in [6.07, 6.45) is 2.00. The first-order chi connectivity index (χ1) is 9.04. The van der Waals surface area contributed by atoms with E-state index in [0.717, 1.165) is 28.8 Å². The summed E-state index contributed by atoms with van der Waals surface area (Å²) in [6, 6.07) is 1.90. The normalized spacial score (nSPS) is 16.8. The van der Waals surface area contributed by atoms with Gasteiger partial charge in [-0.3, -0.25) is 9.48 Å². The van der Waals surface area contributed by atoms with E-state index in [1.165, 1.54) is 11.3 Å². The molecule has 6 heteroatoms. The lowest BCUT2D eigenvalue weighted by molar-refractivity contribution is 0.0939. The molecule has 0 aromatic carbocycles. The Hall–Kier alpha value is -1.40. The number of aliphatic hydroxyl groups excluding tert-OH is 1. The van der Waals surface area contributed by atoms with Gasteiger partial charge in [0.1, 0.15) is 4.83 Å². The Morgan fingerprint density at radius 2 is 2.37 bits per heavy atom. The van der Waals surface area contributed by atoms with Crippen molar-refractivity contribution in [1.82, 2.24) is 15.1 Å². The third-order valence-corrected chi connectivity index (χ3v) is 5.04. The van der Waals surface area contributed by atoms with Crippen molar-refractivity contribution in [3.8, 4) is 0 Å². The minimum Gasteiger partial charge on any atom is -0.396 e. The standard InChI is InChI=1S/C13H17N3O2S/c1-8-9-5-10(19-12(9)16(2)15-8)11(18)14-6-13(7-17)3-4-13/h5,17H,3-4,6-7H2,1-2H3,(H,14,18). The van der Waals surface area contributed by atoms with Gasteiger partial charge in [0.15, 0.2) is 0 Å². The van der Waals surface area contributed by atoms with Crippen molar-refractivity contribution >= 4 is 27.5 Å². The number of aromatic nitrogens is 2. The molecule has 1 saturated carbocycles. The summed E-state index contributed by atoms with van der Waals surface area (Å²) in [5, 5.41) is 17.5. The van der Waals surface area contributed by atoms with Crippen LogP contribution in [-0.2, 0) is 7.05 Å². The van der Waals surface area contributed by atoms with Gasteiger partial charge in [0.2, 0.25) is 0 Å².